The van der Waals surface area contributed by atoms with Gasteiger partial charge in [0.15, 0.2) is 10.8 Å². The van der Waals surface area contributed by atoms with Gasteiger partial charge in [0.2, 0.25) is 5.95 Å². The lowest BCUT2D eigenvalue weighted by Crippen LogP contribution is -2.24. The van der Waals surface area contributed by atoms with Crippen molar-refractivity contribution in [3.05, 3.63) is 18.2 Å². The summed E-state index contributed by atoms with van der Waals surface area (Å²) in [6.45, 7) is 3.59. The van der Waals surface area contributed by atoms with Gasteiger partial charge in [-0.2, -0.15) is 13.4 Å². The van der Waals surface area contributed by atoms with Crippen LogP contribution in [0.5, 0.6) is 0 Å². The van der Waals surface area contributed by atoms with Crippen LogP contribution in [0.25, 0.3) is 0 Å². The van der Waals surface area contributed by atoms with Crippen molar-refractivity contribution in [3.63, 3.8) is 0 Å². The molecule has 0 aliphatic carbocycles. The van der Waals surface area contributed by atoms with Crippen LogP contribution in [0.15, 0.2) is 17.4 Å². The number of aromatic nitrogens is 4. The molecule has 1 aliphatic heterocycles. The number of nitrogens with zero attached hydrogens (tertiary/aromatic N) is 6. The summed E-state index contributed by atoms with van der Waals surface area (Å²) < 4.78 is 29.4. The van der Waals surface area contributed by atoms with E-state index >= 15 is 0 Å². The fraction of sp³-hybridized carbons (Fsp3) is 0.533. The summed E-state index contributed by atoms with van der Waals surface area (Å²) in [6, 6.07) is 0. The SMILES string of the molecule is Cc1nc(S(=O)(=O)Nc2cnc(N3CCCC3)nc2N(C)C)cn1C. The van der Waals surface area contributed by atoms with Gasteiger partial charge in [-0.1, -0.05) is 0 Å². The molecule has 1 N–H and O–H groups in total. The number of anilines is 3. The van der Waals surface area contributed by atoms with Gasteiger partial charge in [0.25, 0.3) is 10.0 Å². The third kappa shape index (κ3) is 3.53. The largest absolute Gasteiger partial charge is 0.361 e. The van der Waals surface area contributed by atoms with Crippen LogP contribution >= 0.6 is 0 Å². The first kappa shape index (κ1) is 17.5. The molecule has 0 amide bonds. The normalized spacial score (nSPS) is 14.8. The number of rotatable bonds is 5. The van der Waals surface area contributed by atoms with Crippen molar-refractivity contribution in [1.29, 1.82) is 0 Å². The summed E-state index contributed by atoms with van der Waals surface area (Å²) >= 11 is 0. The van der Waals surface area contributed by atoms with Crippen molar-refractivity contribution < 1.29 is 8.42 Å². The summed E-state index contributed by atoms with van der Waals surface area (Å²) in [5, 5.41) is -0.0270. The van der Waals surface area contributed by atoms with Crippen molar-refractivity contribution in [2.75, 3.05) is 41.7 Å². The van der Waals surface area contributed by atoms with Gasteiger partial charge in [-0.15, -0.1) is 0 Å². The summed E-state index contributed by atoms with van der Waals surface area (Å²) in [5.74, 6) is 1.76. The molecule has 0 unspecified atom stereocenters. The van der Waals surface area contributed by atoms with E-state index in [1.165, 1.54) is 12.4 Å². The minimum absolute atomic E-state index is 0.0270. The van der Waals surface area contributed by atoms with Crippen LogP contribution < -0.4 is 14.5 Å². The number of imidazole rings is 1. The van der Waals surface area contributed by atoms with Crippen molar-refractivity contribution in [3.8, 4) is 0 Å². The number of sulfonamides is 1. The summed E-state index contributed by atoms with van der Waals surface area (Å²) in [4.78, 5) is 16.8. The molecule has 25 heavy (non-hydrogen) atoms. The first-order valence-corrected chi connectivity index (χ1v) is 9.58. The number of hydrogen-bond acceptors (Lipinski definition) is 7. The van der Waals surface area contributed by atoms with Gasteiger partial charge in [-0.25, -0.2) is 9.97 Å². The molecule has 3 heterocycles. The van der Waals surface area contributed by atoms with Crippen LogP contribution in [0.1, 0.15) is 18.7 Å². The average molecular weight is 365 g/mol. The van der Waals surface area contributed by atoms with E-state index in [0.29, 0.717) is 23.3 Å². The van der Waals surface area contributed by atoms with Gasteiger partial charge in [-0.05, 0) is 19.8 Å². The van der Waals surface area contributed by atoms with Gasteiger partial charge >= 0.3 is 0 Å². The summed E-state index contributed by atoms with van der Waals surface area (Å²) in [6.07, 6.45) is 5.23. The van der Waals surface area contributed by atoms with Gasteiger partial charge in [0.05, 0.1) is 6.20 Å². The highest BCUT2D eigenvalue weighted by atomic mass is 32.2. The third-order valence-electron chi connectivity index (χ3n) is 4.17. The van der Waals surface area contributed by atoms with E-state index in [1.807, 2.05) is 14.1 Å². The van der Waals surface area contributed by atoms with E-state index in [0.717, 1.165) is 25.9 Å². The van der Waals surface area contributed by atoms with Crippen LogP contribution in [-0.4, -0.2) is 55.1 Å². The average Bonchev–Trinajstić information content (AvgIpc) is 3.18. The molecule has 1 aliphatic rings. The molecule has 0 bridgehead atoms. The Morgan fingerprint density at radius 3 is 2.44 bits per heavy atom. The van der Waals surface area contributed by atoms with E-state index in [4.69, 9.17) is 0 Å². The molecule has 10 heteroatoms. The van der Waals surface area contributed by atoms with Crippen LogP contribution in [0.4, 0.5) is 17.5 Å². The second-order valence-corrected chi connectivity index (χ2v) is 7.97. The maximum absolute atomic E-state index is 12.6. The van der Waals surface area contributed by atoms with Crippen molar-refractivity contribution >= 4 is 27.5 Å². The fourth-order valence-electron chi connectivity index (χ4n) is 2.70. The quantitative estimate of drug-likeness (QED) is 0.844. The molecule has 3 rings (SSSR count). The molecule has 0 saturated carbocycles. The zero-order valence-corrected chi connectivity index (χ0v) is 15.7. The summed E-state index contributed by atoms with van der Waals surface area (Å²) in [7, 11) is 1.58. The molecule has 136 valence electrons. The Hall–Kier alpha value is -2.36. The van der Waals surface area contributed by atoms with Crippen LogP contribution in [0.2, 0.25) is 0 Å². The van der Waals surface area contributed by atoms with E-state index in [9.17, 15) is 8.42 Å². The third-order valence-corrected chi connectivity index (χ3v) is 5.41. The highest BCUT2D eigenvalue weighted by Gasteiger charge is 2.23. The molecule has 0 radical (unpaired) electrons. The highest BCUT2D eigenvalue weighted by Crippen LogP contribution is 2.27. The lowest BCUT2D eigenvalue weighted by Gasteiger charge is -2.21. The Morgan fingerprint density at radius 1 is 1.20 bits per heavy atom. The molecule has 2 aromatic rings. The Balaban J connectivity index is 1.93. The smallest absolute Gasteiger partial charge is 0.281 e. The van der Waals surface area contributed by atoms with E-state index in [1.54, 1.807) is 23.4 Å². The Bertz CT molecular complexity index is 851. The number of nitrogens with one attached hydrogen (secondary N) is 1. The summed E-state index contributed by atoms with van der Waals surface area (Å²) in [5.41, 5.74) is 0.330. The van der Waals surface area contributed by atoms with Gasteiger partial charge in [0, 0.05) is 40.4 Å². The maximum atomic E-state index is 12.6. The van der Waals surface area contributed by atoms with Crippen molar-refractivity contribution in [2.45, 2.75) is 24.8 Å². The zero-order valence-electron chi connectivity index (χ0n) is 14.9. The molecular formula is C15H23N7O2S. The van der Waals surface area contributed by atoms with E-state index in [2.05, 4.69) is 24.6 Å². The maximum Gasteiger partial charge on any atom is 0.281 e. The number of aryl methyl sites for hydroxylation is 2. The molecule has 0 atom stereocenters. The van der Waals surface area contributed by atoms with Gasteiger partial charge < -0.3 is 14.4 Å². The van der Waals surface area contributed by atoms with Gasteiger partial charge in [-0.3, -0.25) is 4.72 Å². The van der Waals surface area contributed by atoms with Crippen LogP contribution in [0, 0.1) is 6.92 Å². The Kier molecular flexibility index (Phi) is 4.55. The second-order valence-electron chi connectivity index (χ2n) is 6.34. The fourth-order valence-corrected chi connectivity index (χ4v) is 3.79. The molecule has 1 fully saturated rings. The van der Waals surface area contributed by atoms with E-state index < -0.39 is 10.0 Å². The van der Waals surface area contributed by atoms with Gasteiger partial charge in [0.1, 0.15) is 11.5 Å². The minimum atomic E-state index is -3.81. The Morgan fingerprint density at radius 2 is 1.88 bits per heavy atom. The lowest BCUT2D eigenvalue weighted by atomic mass is 10.4. The molecule has 2 aromatic heterocycles. The number of hydrogen-bond donors (Lipinski definition) is 1. The lowest BCUT2D eigenvalue weighted by molar-refractivity contribution is 0.598. The standard InChI is InChI=1S/C15H23N7O2S/c1-11-17-13(10-21(11)4)25(23,24)19-12-9-16-15(18-14(12)20(2)3)22-7-5-6-8-22/h9-10,19H,5-8H2,1-4H3. The predicted molar refractivity (Wildman–Crippen MR) is 96.6 cm³/mol. The molecule has 0 spiro atoms. The van der Waals surface area contributed by atoms with E-state index in [-0.39, 0.29) is 5.03 Å². The van der Waals surface area contributed by atoms with Crippen molar-refractivity contribution in [2.24, 2.45) is 7.05 Å². The molecule has 1 saturated heterocycles. The Labute approximate surface area is 147 Å². The van der Waals surface area contributed by atoms with Crippen LogP contribution in [0.3, 0.4) is 0 Å². The van der Waals surface area contributed by atoms with Crippen LogP contribution in [-0.2, 0) is 17.1 Å². The first-order chi connectivity index (χ1) is 11.8. The minimum Gasteiger partial charge on any atom is -0.361 e. The zero-order chi connectivity index (χ0) is 18.2. The topological polar surface area (TPSA) is 96.2 Å². The van der Waals surface area contributed by atoms with Crippen molar-refractivity contribution in [1.82, 2.24) is 19.5 Å². The molecule has 0 aromatic carbocycles. The molecule has 9 nitrogen and oxygen atoms in total. The molecular weight excluding hydrogens is 342 g/mol. The highest BCUT2D eigenvalue weighted by molar-refractivity contribution is 7.92. The first-order valence-electron chi connectivity index (χ1n) is 8.10. The second kappa shape index (κ2) is 6.51. The predicted octanol–water partition coefficient (Wildman–Crippen LogP) is 0.986. The monoisotopic (exact) mass is 365 g/mol.